The SMILES string of the molecule is CC(Oc1ccc(C(=O)Nc2sc3c(c2C(N)=O)CCCC3)cc1)C(=O)N/N=C/c1ccccc1. The summed E-state index contributed by atoms with van der Waals surface area (Å²) in [5, 5.41) is 7.27. The van der Waals surface area contributed by atoms with E-state index in [-0.39, 0.29) is 5.91 Å². The Kier molecular flexibility index (Phi) is 7.57. The molecule has 0 radical (unpaired) electrons. The van der Waals surface area contributed by atoms with Crippen LogP contribution in [0, 0.1) is 0 Å². The van der Waals surface area contributed by atoms with Gasteiger partial charge in [0.15, 0.2) is 6.10 Å². The van der Waals surface area contributed by atoms with Crippen LogP contribution in [0.5, 0.6) is 5.75 Å². The zero-order valence-corrected chi connectivity index (χ0v) is 20.1. The molecule has 35 heavy (non-hydrogen) atoms. The van der Waals surface area contributed by atoms with Crippen molar-refractivity contribution >= 4 is 40.3 Å². The smallest absolute Gasteiger partial charge is 0.280 e. The van der Waals surface area contributed by atoms with Crippen LogP contribution >= 0.6 is 11.3 Å². The molecule has 8 nitrogen and oxygen atoms in total. The van der Waals surface area contributed by atoms with E-state index >= 15 is 0 Å². The van der Waals surface area contributed by atoms with Crippen molar-refractivity contribution in [2.75, 3.05) is 5.32 Å². The number of carbonyl (C=O) groups is 3. The Morgan fingerprint density at radius 3 is 2.49 bits per heavy atom. The third kappa shape index (κ3) is 5.93. The minimum absolute atomic E-state index is 0.348. The highest BCUT2D eigenvalue weighted by atomic mass is 32.1. The number of primary amides is 1. The number of thiophene rings is 1. The molecule has 3 aromatic rings. The number of carbonyl (C=O) groups excluding carboxylic acids is 3. The van der Waals surface area contributed by atoms with E-state index in [9.17, 15) is 14.4 Å². The van der Waals surface area contributed by atoms with E-state index in [1.165, 1.54) is 11.3 Å². The molecule has 9 heteroatoms. The number of aryl methyl sites for hydroxylation is 1. The molecule has 1 aliphatic rings. The highest BCUT2D eigenvalue weighted by Gasteiger charge is 2.25. The second kappa shape index (κ2) is 11.0. The predicted molar refractivity (Wildman–Crippen MR) is 136 cm³/mol. The Morgan fingerprint density at radius 2 is 1.77 bits per heavy atom. The van der Waals surface area contributed by atoms with Crippen molar-refractivity contribution in [3.8, 4) is 5.75 Å². The van der Waals surface area contributed by atoms with E-state index in [4.69, 9.17) is 10.5 Å². The molecule has 0 aliphatic heterocycles. The van der Waals surface area contributed by atoms with Crippen LogP contribution in [0.2, 0.25) is 0 Å². The van der Waals surface area contributed by atoms with Gasteiger partial charge in [-0.15, -0.1) is 11.3 Å². The molecule has 1 heterocycles. The summed E-state index contributed by atoms with van der Waals surface area (Å²) >= 11 is 1.42. The van der Waals surface area contributed by atoms with Gasteiger partial charge in [0.1, 0.15) is 10.8 Å². The van der Waals surface area contributed by atoms with E-state index < -0.39 is 17.9 Å². The number of nitrogens with zero attached hydrogens (tertiary/aromatic N) is 1. The lowest BCUT2D eigenvalue weighted by molar-refractivity contribution is -0.127. The van der Waals surface area contributed by atoms with Gasteiger partial charge in [0, 0.05) is 10.4 Å². The largest absolute Gasteiger partial charge is 0.481 e. The van der Waals surface area contributed by atoms with E-state index in [1.807, 2.05) is 30.3 Å². The summed E-state index contributed by atoms with van der Waals surface area (Å²) < 4.78 is 5.66. The van der Waals surface area contributed by atoms with Gasteiger partial charge in [0.05, 0.1) is 11.8 Å². The molecule has 2 aromatic carbocycles. The number of nitrogens with two attached hydrogens (primary N) is 1. The molecule has 0 saturated carbocycles. The van der Waals surface area contributed by atoms with Gasteiger partial charge in [-0.1, -0.05) is 30.3 Å². The standard InChI is InChI=1S/C26H26N4O4S/c1-16(24(32)30-28-15-17-7-3-2-4-8-17)34-19-13-11-18(12-14-19)25(33)29-26-22(23(27)31)20-9-5-6-10-21(20)35-26/h2-4,7-8,11-16H,5-6,9-10H2,1H3,(H2,27,31)(H,29,33)(H,30,32)/b28-15+. The highest BCUT2D eigenvalue weighted by molar-refractivity contribution is 7.17. The van der Waals surface area contributed by atoms with Crippen LogP contribution in [0.15, 0.2) is 59.7 Å². The maximum atomic E-state index is 12.8. The molecule has 1 unspecified atom stereocenters. The average Bonchev–Trinajstić information content (AvgIpc) is 3.23. The molecule has 0 fully saturated rings. The molecule has 1 aromatic heterocycles. The second-order valence-corrected chi connectivity index (χ2v) is 9.27. The summed E-state index contributed by atoms with van der Waals surface area (Å²) in [5.41, 5.74) is 10.7. The third-order valence-corrected chi connectivity index (χ3v) is 6.84. The average molecular weight is 491 g/mol. The number of fused-ring (bicyclic) bond motifs is 1. The van der Waals surface area contributed by atoms with Gasteiger partial charge in [-0.05, 0) is 68.0 Å². The van der Waals surface area contributed by atoms with Crippen molar-refractivity contribution in [1.29, 1.82) is 0 Å². The first-order valence-electron chi connectivity index (χ1n) is 11.3. The van der Waals surface area contributed by atoms with Crippen LogP contribution in [-0.4, -0.2) is 30.0 Å². The quantitative estimate of drug-likeness (QED) is 0.327. The highest BCUT2D eigenvalue weighted by Crippen LogP contribution is 2.38. The number of anilines is 1. The zero-order valence-electron chi connectivity index (χ0n) is 19.2. The van der Waals surface area contributed by atoms with Crippen molar-refractivity contribution in [2.24, 2.45) is 10.8 Å². The van der Waals surface area contributed by atoms with Crippen molar-refractivity contribution < 1.29 is 19.1 Å². The minimum atomic E-state index is -0.793. The summed E-state index contributed by atoms with van der Waals surface area (Å²) in [6, 6.07) is 15.8. The van der Waals surface area contributed by atoms with Crippen LogP contribution in [0.4, 0.5) is 5.00 Å². The maximum absolute atomic E-state index is 12.8. The molecule has 0 bridgehead atoms. The van der Waals surface area contributed by atoms with Gasteiger partial charge in [0.25, 0.3) is 17.7 Å². The molecule has 1 atom stereocenters. The number of hydrazone groups is 1. The van der Waals surface area contributed by atoms with Crippen LogP contribution in [0.25, 0.3) is 0 Å². The van der Waals surface area contributed by atoms with Crippen LogP contribution in [-0.2, 0) is 17.6 Å². The van der Waals surface area contributed by atoms with Crippen molar-refractivity contribution in [1.82, 2.24) is 5.43 Å². The summed E-state index contributed by atoms with van der Waals surface area (Å²) in [4.78, 5) is 38.2. The monoisotopic (exact) mass is 490 g/mol. The fourth-order valence-electron chi connectivity index (χ4n) is 3.83. The number of amides is 3. The van der Waals surface area contributed by atoms with E-state index in [0.717, 1.165) is 41.7 Å². The number of hydrogen-bond donors (Lipinski definition) is 3. The molecule has 3 amide bonds. The first kappa shape index (κ1) is 24.2. The Hall–Kier alpha value is -3.98. The number of nitrogens with one attached hydrogen (secondary N) is 2. The number of hydrogen-bond acceptors (Lipinski definition) is 6. The molecule has 4 N–H and O–H groups in total. The third-order valence-electron chi connectivity index (χ3n) is 5.63. The van der Waals surface area contributed by atoms with Crippen LogP contribution in [0.1, 0.15) is 56.5 Å². The summed E-state index contributed by atoms with van der Waals surface area (Å²) in [6.45, 7) is 1.61. The molecular formula is C26H26N4O4S. The molecule has 1 aliphatic carbocycles. The van der Waals surface area contributed by atoms with Gasteiger partial charge in [-0.3, -0.25) is 14.4 Å². The van der Waals surface area contributed by atoms with Crippen LogP contribution in [0.3, 0.4) is 0 Å². The van der Waals surface area contributed by atoms with Gasteiger partial charge >= 0.3 is 0 Å². The lowest BCUT2D eigenvalue weighted by Gasteiger charge is -2.13. The molecular weight excluding hydrogens is 464 g/mol. The lowest BCUT2D eigenvalue weighted by atomic mass is 9.95. The Morgan fingerprint density at radius 1 is 1.06 bits per heavy atom. The summed E-state index contributed by atoms with van der Waals surface area (Å²) in [7, 11) is 0. The molecule has 0 saturated heterocycles. The van der Waals surface area contributed by atoms with Crippen molar-refractivity contribution in [2.45, 2.75) is 38.7 Å². The summed E-state index contributed by atoms with van der Waals surface area (Å²) in [6.07, 6.45) is 4.52. The normalized spacial score (nSPS) is 13.6. The molecule has 4 rings (SSSR count). The second-order valence-electron chi connectivity index (χ2n) is 8.16. The lowest BCUT2D eigenvalue weighted by Crippen LogP contribution is -2.33. The zero-order chi connectivity index (χ0) is 24.8. The van der Waals surface area contributed by atoms with E-state index in [1.54, 1.807) is 37.4 Å². The number of benzene rings is 2. The van der Waals surface area contributed by atoms with Crippen molar-refractivity contribution in [3.05, 3.63) is 81.7 Å². The minimum Gasteiger partial charge on any atom is -0.481 e. The molecule has 0 spiro atoms. The first-order chi connectivity index (χ1) is 16.9. The first-order valence-corrected chi connectivity index (χ1v) is 12.1. The molecule has 180 valence electrons. The fourth-order valence-corrected chi connectivity index (χ4v) is 5.12. The fraction of sp³-hybridized carbons (Fsp3) is 0.231. The van der Waals surface area contributed by atoms with Crippen LogP contribution < -0.4 is 21.2 Å². The predicted octanol–water partition coefficient (Wildman–Crippen LogP) is 3.90. The van der Waals surface area contributed by atoms with Gasteiger partial charge < -0.3 is 15.8 Å². The van der Waals surface area contributed by atoms with E-state index in [0.29, 0.717) is 21.9 Å². The Balaban J connectivity index is 1.35. The Bertz CT molecular complexity index is 1250. The van der Waals surface area contributed by atoms with E-state index in [2.05, 4.69) is 15.8 Å². The van der Waals surface area contributed by atoms with Gasteiger partial charge in [-0.25, -0.2) is 5.43 Å². The number of ether oxygens (including phenoxy) is 1. The topological polar surface area (TPSA) is 123 Å². The number of rotatable bonds is 8. The Labute approximate surface area is 207 Å². The maximum Gasteiger partial charge on any atom is 0.280 e. The van der Waals surface area contributed by atoms with Gasteiger partial charge in [-0.2, -0.15) is 5.10 Å². The van der Waals surface area contributed by atoms with Crippen molar-refractivity contribution in [3.63, 3.8) is 0 Å². The van der Waals surface area contributed by atoms with Gasteiger partial charge in [0.2, 0.25) is 0 Å². The summed E-state index contributed by atoms with van der Waals surface area (Å²) in [5.74, 6) is -0.845.